The zero-order valence-electron chi connectivity index (χ0n) is 10.8. The fourth-order valence-electron chi connectivity index (χ4n) is 2.16. The first-order chi connectivity index (χ1) is 9.74. The molecule has 0 saturated heterocycles. The Kier molecular flexibility index (Phi) is 3.69. The summed E-state index contributed by atoms with van der Waals surface area (Å²) in [6, 6.07) is 11.4. The summed E-state index contributed by atoms with van der Waals surface area (Å²) in [7, 11) is 0. The molecule has 0 N–H and O–H groups in total. The summed E-state index contributed by atoms with van der Waals surface area (Å²) in [5, 5.41) is 0. The van der Waals surface area contributed by atoms with E-state index in [9.17, 15) is 4.79 Å². The van der Waals surface area contributed by atoms with E-state index in [2.05, 4.69) is 20.9 Å². The van der Waals surface area contributed by atoms with Crippen molar-refractivity contribution in [3.63, 3.8) is 0 Å². The number of fused-ring (bicyclic) bond motifs is 1. The summed E-state index contributed by atoms with van der Waals surface area (Å²) in [6.45, 7) is 0.868. The molecule has 2 heterocycles. The number of rotatable bonds is 2. The SMILES string of the molecule is O=C1CCOc2ccccc2N1Cc1ccc(Br)cn1. The lowest BCUT2D eigenvalue weighted by Gasteiger charge is -2.21. The van der Waals surface area contributed by atoms with Gasteiger partial charge in [0.15, 0.2) is 0 Å². The van der Waals surface area contributed by atoms with Gasteiger partial charge < -0.3 is 9.64 Å². The molecular weight excluding hydrogens is 320 g/mol. The highest BCUT2D eigenvalue weighted by Gasteiger charge is 2.23. The van der Waals surface area contributed by atoms with Gasteiger partial charge in [-0.1, -0.05) is 12.1 Å². The molecule has 0 bridgehead atoms. The highest BCUT2D eigenvalue weighted by Crippen LogP contribution is 2.31. The second-order valence-electron chi connectivity index (χ2n) is 4.51. The van der Waals surface area contributed by atoms with E-state index in [0.717, 1.165) is 21.6 Å². The summed E-state index contributed by atoms with van der Waals surface area (Å²) in [5.41, 5.74) is 1.65. The van der Waals surface area contributed by atoms with Crippen molar-refractivity contribution in [3.05, 3.63) is 52.8 Å². The number of nitrogens with zero attached hydrogens (tertiary/aromatic N) is 2. The van der Waals surface area contributed by atoms with Gasteiger partial charge in [0.25, 0.3) is 0 Å². The van der Waals surface area contributed by atoms with Crippen molar-refractivity contribution in [1.29, 1.82) is 0 Å². The van der Waals surface area contributed by atoms with Gasteiger partial charge in [0.05, 0.1) is 31.0 Å². The topological polar surface area (TPSA) is 42.4 Å². The zero-order valence-corrected chi connectivity index (χ0v) is 12.3. The van der Waals surface area contributed by atoms with Crippen LogP contribution < -0.4 is 9.64 Å². The van der Waals surface area contributed by atoms with E-state index < -0.39 is 0 Å². The first kappa shape index (κ1) is 13.1. The average Bonchev–Trinajstić information content (AvgIpc) is 2.62. The Bertz CT molecular complexity index is 628. The summed E-state index contributed by atoms with van der Waals surface area (Å²) in [6.07, 6.45) is 2.12. The summed E-state index contributed by atoms with van der Waals surface area (Å²) in [4.78, 5) is 18.3. The third-order valence-corrected chi connectivity index (χ3v) is 3.61. The zero-order chi connectivity index (χ0) is 13.9. The van der Waals surface area contributed by atoms with Crippen molar-refractivity contribution in [2.45, 2.75) is 13.0 Å². The largest absolute Gasteiger partial charge is 0.491 e. The van der Waals surface area contributed by atoms with Gasteiger partial charge in [-0.2, -0.15) is 0 Å². The number of hydrogen-bond donors (Lipinski definition) is 0. The predicted octanol–water partition coefficient (Wildman–Crippen LogP) is 3.16. The molecule has 0 aliphatic carbocycles. The lowest BCUT2D eigenvalue weighted by Crippen LogP contribution is -2.29. The third-order valence-electron chi connectivity index (χ3n) is 3.14. The molecule has 1 aliphatic heterocycles. The van der Waals surface area contributed by atoms with E-state index in [1.807, 2.05) is 36.4 Å². The Morgan fingerprint density at radius 1 is 1.25 bits per heavy atom. The van der Waals surface area contributed by atoms with Gasteiger partial charge in [-0.25, -0.2) is 0 Å². The van der Waals surface area contributed by atoms with Crippen LogP contribution in [0.3, 0.4) is 0 Å². The molecule has 0 radical (unpaired) electrons. The van der Waals surface area contributed by atoms with Gasteiger partial charge in [-0.3, -0.25) is 9.78 Å². The molecule has 1 amide bonds. The van der Waals surface area contributed by atoms with Crippen LogP contribution in [0.25, 0.3) is 0 Å². The van der Waals surface area contributed by atoms with Crippen molar-refractivity contribution < 1.29 is 9.53 Å². The van der Waals surface area contributed by atoms with Gasteiger partial charge in [0, 0.05) is 10.7 Å². The van der Waals surface area contributed by atoms with Crippen LogP contribution >= 0.6 is 15.9 Å². The minimum absolute atomic E-state index is 0.0552. The van der Waals surface area contributed by atoms with E-state index in [0.29, 0.717) is 19.6 Å². The normalized spacial score (nSPS) is 14.4. The maximum atomic E-state index is 12.3. The van der Waals surface area contributed by atoms with Crippen LogP contribution in [0.1, 0.15) is 12.1 Å². The molecule has 1 aromatic heterocycles. The van der Waals surface area contributed by atoms with Crippen molar-refractivity contribution in [2.75, 3.05) is 11.5 Å². The predicted molar refractivity (Wildman–Crippen MR) is 79.7 cm³/mol. The molecule has 102 valence electrons. The number of pyridine rings is 1. The lowest BCUT2D eigenvalue weighted by molar-refractivity contribution is -0.118. The van der Waals surface area contributed by atoms with Gasteiger partial charge >= 0.3 is 0 Å². The number of aromatic nitrogens is 1. The number of ether oxygens (including phenoxy) is 1. The van der Waals surface area contributed by atoms with Crippen LogP contribution in [0.4, 0.5) is 5.69 Å². The van der Waals surface area contributed by atoms with E-state index in [1.54, 1.807) is 11.1 Å². The fraction of sp³-hybridized carbons (Fsp3) is 0.200. The fourth-order valence-corrected chi connectivity index (χ4v) is 2.39. The summed E-state index contributed by atoms with van der Waals surface area (Å²) in [5.74, 6) is 0.801. The smallest absolute Gasteiger partial charge is 0.230 e. The number of carbonyl (C=O) groups excluding carboxylic acids is 1. The van der Waals surface area contributed by atoms with Crippen LogP contribution in [0.2, 0.25) is 0 Å². The molecule has 0 spiro atoms. The third kappa shape index (κ3) is 2.67. The van der Waals surface area contributed by atoms with Gasteiger partial charge in [-0.05, 0) is 40.2 Å². The molecule has 1 aliphatic rings. The van der Waals surface area contributed by atoms with Crippen molar-refractivity contribution in [2.24, 2.45) is 0 Å². The summed E-state index contributed by atoms with van der Waals surface area (Å²) < 4.78 is 6.54. The van der Waals surface area contributed by atoms with E-state index in [4.69, 9.17) is 4.74 Å². The number of para-hydroxylation sites is 2. The second-order valence-corrected chi connectivity index (χ2v) is 5.43. The van der Waals surface area contributed by atoms with Crippen LogP contribution in [0.5, 0.6) is 5.75 Å². The molecule has 3 rings (SSSR count). The van der Waals surface area contributed by atoms with Crippen molar-refractivity contribution >= 4 is 27.5 Å². The first-order valence-electron chi connectivity index (χ1n) is 6.36. The van der Waals surface area contributed by atoms with E-state index in [1.165, 1.54) is 0 Å². The molecule has 1 aromatic carbocycles. The Balaban J connectivity index is 1.94. The van der Waals surface area contributed by atoms with Gasteiger partial charge in [0.1, 0.15) is 5.75 Å². The maximum Gasteiger partial charge on any atom is 0.230 e. The van der Waals surface area contributed by atoms with Crippen LogP contribution in [0.15, 0.2) is 47.1 Å². The first-order valence-corrected chi connectivity index (χ1v) is 7.16. The highest BCUT2D eigenvalue weighted by atomic mass is 79.9. The Hall–Kier alpha value is -1.88. The monoisotopic (exact) mass is 332 g/mol. The number of halogens is 1. The molecule has 2 aromatic rings. The standard InChI is InChI=1S/C15H13BrN2O2/c16-11-5-6-12(17-9-11)10-18-13-3-1-2-4-14(13)20-8-7-15(18)19/h1-6,9H,7-8,10H2. The van der Waals surface area contributed by atoms with Gasteiger partial charge in [0.2, 0.25) is 5.91 Å². The number of benzene rings is 1. The lowest BCUT2D eigenvalue weighted by atomic mass is 10.2. The minimum atomic E-state index is 0.0552. The molecule has 0 atom stereocenters. The minimum Gasteiger partial charge on any atom is -0.491 e. The average molecular weight is 333 g/mol. The number of amides is 1. The van der Waals surface area contributed by atoms with E-state index >= 15 is 0 Å². The Labute approximate surface area is 125 Å². The van der Waals surface area contributed by atoms with Crippen LogP contribution in [-0.2, 0) is 11.3 Å². The highest BCUT2D eigenvalue weighted by molar-refractivity contribution is 9.10. The Morgan fingerprint density at radius 3 is 2.90 bits per heavy atom. The van der Waals surface area contributed by atoms with Crippen LogP contribution in [0, 0.1) is 0 Å². The molecule has 0 saturated carbocycles. The molecule has 20 heavy (non-hydrogen) atoms. The molecule has 4 nitrogen and oxygen atoms in total. The van der Waals surface area contributed by atoms with E-state index in [-0.39, 0.29) is 5.91 Å². The Morgan fingerprint density at radius 2 is 2.10 bits per heavy atom. The number of hydrogen-bond acceptors (Lipinski definition) is 3. The van der Waals surface area contributed by atoms with Gasteiger partial charge in [-0.15, -0.1) is 0 Å². The van der Waals surface area contributed by atoms with Crippen molar-refractivity contribution in [3.8, 4) is 5.75 Å². The second kappa shape index (κ2) is 5.63. The van der Waals surface area contributed by atoms with Crippen molar-refractivity contribution in [1.82, 2.24) is 4.98 Å². The summed E-state index contributed by atoms with van der Waals surface area (Å²) >= 11 is 3.36. The molecule has 0 unspecified atom stereocenters. The number of carbonyl (C=O) groups is 1. The number of anilines is 1. The molecule has 0 fully saturated rings. The maximum absolute atomic E-state index is 12.3. The quantitative estimate of drug-likeness (QED) is 0.848. The molecule has 5 heteroatoms. The van der Waals surface area contributed by atoms with Crippen LogP contribution in [-0.4, -0.2) is 17.5 Å². The molecular formula is C15H13BrN2O2.